The van der Waals surface area contributed by atoms with Crippen LogP contribution in [-0.4, -0.2) is 27.1 Å². The van der Waals surface area contributed by atoms with E-state index in [0.29, 0.717) is 16.4 Å². The molecule has 2 aromatic rings. The van der Waals surface area contributed by atoms with E-state index in [9.17, 15) is 13.2 Å². The zero-order valence-corrected chi connectivity index (χ0v) is 15.1. The topological polar surface area (TPSA) is 66.5 Å². The first-order valence-corrected chi connectivity index (χ1v) is 9.36. The molecule has 0 aliphatic heterocycles. The Labute approximate surface area is 147 Å². The van der Waals surface area contributed by atoms with Gasteiger partial charge in [-0.1, -0.05) is 35.9 Å². The summed E-state index contributed by atoms with van der Waals surface area (Å²) >= 11 is 5.91. The van der Waals surface area contributed by atoms with Crippen LogP contribution in [0.25, 0.3) is 0 Å². The van der Waals surface area contributed by atoms with E-state index < -0.39 is 10.0 Å². The summed E-state index contributed by atoms with van der Waals surface area (Å²) in [6, 6.07) is 13.9. The van der Waals surface area contributed by atoms with Crippen LogP contribution in [0, 0.1) is 6.92 Å². The number of hydrogen-bond acceptors (Lipinski definition) is 3. The highest BCUT2D eigenvalue weighted by atomic mass is 35.5. The molecule has 0 radical (unpaired) electrons. The van der Waals surface area contributed by atoms with Crippen molar-refractivity contribution in [1.82, 2.24) is 0 Å². The number of aryl methyl sites for hydroxylation is 1. The number of sulfonamides is 1. The molecule has 0 heterocycles. The second-order valence-electron chi connectivity index (χ2n) is 5.38. The third-order valence-electron chi connectivity index (χ3n) is 3.60. The molecule has 2 rings (SSSR count). The number of benzene rings is 2. The van der Waals surface area contributed by atoms with Crippen LogP contribution >= 0.6 is 11.6 Å². The molecule has 128 valence electrons. The second kappa shape index (κ2) is 7.68. The average molecular weight is 367 g/mol. The van der Waals surface area contributed by atoms with Gasteiger partial charge in [0.1, 0.15) is 0 Å². The highest BCUT2D eigenvalue weighted by Crippen LogP contribution is 2.21. The van der Waals surface area contributed by atoms with Crippen molar-refractivity contribution in [2.24, 2.45) is 0 Å². The third kappa shape index (κ3) is 4.72. The van der Waals surface area contributed by atoms with Crippen molar-refractivity contribution in [3.05, 3.63) is 59.1 Å². The van der Waals surface area contributed by atoms with Gasteiger partial charge in [0.2, 0.25) is 15.9 Å². The number of halogens is 1. The summed E-state index contributed by atoms with van der Waals surface area (Å²) < 4.78 is 25.9. The van der Waals surface area contributed by atoms with Gasteiger partial charge in [0.15, 0.2) is 0 Å². The molecule has 0 fully saturated rings. The summed E-state index contributed by atoms with van der Waals surface area (Å²) in [5.41, 5.74) is 2.00. The SMILES string of the molecule is Cc1ccc(Cl)cc1NC(=O)CCS(=O)(=O)N(C)c1ccccc1. The third-order valence-corrected chi connectivity index (χ3v) is 5.60. The van der Waals surface area contributed by atoms with Gasteiger partial charge in [0, 0.05) is 24.2 Å². The van der Waals surface area contributed by atoms with Gasteiger partial charge < -0.3 is 5.32 Å². The Hall–Kier alpha value is -2.05. The molecule has 0 saturated heterocycles. The van der Waals surface area contributed by atoms with Crippen LogP contribution < -0.4 is 9.62 Å². The fourth-order valence-electron chi connectivity index (χ4n) is 2.10. The first-order chi connectivity index (χ1) is 11.3. The van der Waals surface area contributed by atoms with Crippen molar-refractivity contribution in [2.75, 3.05) is 22.4 Å². The summed E-state index contributed by atoms with van der Waals surface area (Å²) in [6.45, 7) is 1.84. The maximum absolute atomic E-state index is 12.3. The molecular formula is C17H19ClN2O3S. The van der Waals surface area contributed by atoms with Crippen LogP contribution in [-0.2, 0) is 14.8 Å². The van der Waals surface area contributed by atoms with Crippen molar-refractivity contribution in [1.29, 1.82) is 0 Å². The number of para-hydroxylation sites is 1. The lowest BCUT2D eigenvalue weighted by molar-refractivity contribution is -0.115. The fourth-order valence-corrected chi connectivity index (χ4v) is 3.43. The molecule has 2 aromatic carbocycles. The van der Waals surface area contributed by atoms with Crippen LogP contribution in [0.1, 0.15) is 12.0 Å². The molecular weight excluding hydrogens is 348 g/mol. The Bertz CT molecular complexity index is 823. The van der Waals surface area contributed by atoms with E-state index >= 15 is 0 Å². The highest BCUT2D eigenvalue weighted by Gasteiger charge is 2.20. The Morgan fingerprint density at radius 2 is 1.83 bits per heavy atom. The minimum absolute atomic E-state index is 0.133. The predicted octanol–water partition coefficient (Wildman–Crippen LogP) is 3.44. The summed E-state index contributed by atoms with van der Waals surface area (Å²) in [5, 5.41) is 3.20. The van der Waals surface area contributed by atoms with Gasteiger partial charge >= 0.3 is 0 Å². The maximum Gasteiger partial charge on any atom is 0.235 e. The molecule has 24 heavy (non-hydrogen) atoms. The molecule has 0 spiro atoms. The number of amides is 1. The molecule has 0 unspecified atom stereocenters. The van der Waals surface area contributed by atoms with E-state index in [1.165, 1.54) is 11.4 Å². The molecule has 0 bridgehead atoms. The standard InChI is InChI=1S/C17H19ClN2O3S/c1-13-8-9-14(18)12-16(13)19-17(21)10-11-24(22,23)20(2)15-6-4-3-5-7-15/h3-9,12H,10-11H2,1-2H3,(H,19,21). The summed E-state index contributed by atoms with van der Waals surface area (Å²) in [4.78, 5) is 12.0. The van der Waals surface area contributed by atoms with Gasteiger partial charge in [0.05, 0.1) is 11.4 Å². The van der Waals surface area contributed by atoms with E-state index in [1.54, 1.807) is 42.5 Å². The predicted molar refractivity (Wildman–Crippen MR) is 98.1 cm³/mol. The van der Waals surface area contributed by atoms with Crippen molar-refractivity contribution < 1.29 is 13.2 Å². The molecule has 0 saturated carbocycles. The number of rotatable bonds is 6. The van der Waals surface area contributed by atoms with Gasteiger partial charge in [-0.2, -0.15) is 0 Å². The van der Waals surface area contributed by atoms with Crippen LogP contribution in [0.2, 0.25) is 5.02 Å². The summed E-state index contributed by atoms with van der Waals surface area (Å²) in [5.74, 6) is -0.644. The minimum atomic E-state index is -3.57. The van der Waals surface area contributed by atoms with E-state index in [0.717, 1.165) is 5.56 Å². The molecule has 7 heteroatoms. The van der Waals surface area contributed by atoms with Gasteiger partial charge in [-0.25, -0.2) is 8.42 Å². The fraction of sp³-hybridized carbons (Fsp3) is 0.235. The van der Waals surface area contributed by atoms with Crippen LogP contribution in [0.3, 0.4) is 0 Å². The molecule has 0 aliphatic rings. The normalized spacial score (nSPS) is 11.1. The number of nitrogens with zero attached hydrogens (tertiary/aromatic N) is 1. The number of carbonyl (C=O) groups excluding carboxylic acids is 1. The molecule has 0 aromatic heterocycles. The van der Waals surface area contributed by atoms with Crippen LogP contribution in [0.15, 0.2) is 48.5 Å². The zero-order chi connectivity index (χ0) is 17.7. The number of carbonyl (C=O) groups is 1. The first kappa shape index (κ1) is 18.3. The Kier molecular flexibility index (Phi) is 5.85. The minimum Gasteiger partial charge on any atom is -0.326 e. The largest absolute Gasteiger partial charge is 0.326 e. The summed E-state index contributed by atoms with van der Waals surface area (Å²) in [6.07, 6.45) is -0.133. The average Bonchev–Trinajstić information content (AvgIpc) is 2.56. The smallest absolute Gasteiger partial charge is 0.235 e. The Balaban J connectivity index is 1.99. The van der Waals surface area contributed by atoms with Crippen molar-refractivity contribution in [3.8, 4) is 0 Å². The maximum atomic E-state index is 12.3. The zero-order valence-electron chi connectivity index (χ0n) is 13.5. The molecule has 1 N–H and O–H groups in total. The Morgan fingerprint density at radius 1 is 1.17 bits per heavy atom. The van der Waals surface area contributed by atoms with Crippen molar-refractivity contribution >= 4 is 38.9 Å². The first-order valence-electron chi connectivity index (χ1n) is 7.37. The second-order valence-corrected chi connectivity index (χ2v) is 7.93. The molecule has 0 aliphatic carbocycles. The van der Waals surface area contributed by atoms with E-state index in [2.05, 4.69) is 5.32 Å². The highest BCUT2D eigenvalue weighted by molar-refractivity contribution is 7.92. The van der Waals surface area contributed by atoms with Crippen molar-refractivity contribution in [3.63, 3.8) is 0 Å². The van der Waals surface area contributed by atoms with Gasteiger partial charge in [0.25, 0.3) is 0 Å². The molecule has 0 atom stereocenters. The van der Waals surface area contributed by atoms with E-state index in [4.69, 9.17) is 11.6 Å². The monoisotopic (exact) mass is 366 g/mol. The quantitative estimate of drug-likeness (QED) is 0.851. The van der Waals surface area contributed by atoms with Gasteiger partial charge in [-0.3, -0.25) is 9.10 Å². The van der Waals surface area contributed by atoms with Crippen molar-refractivity contribution in [2.45, 2.75) is 13.3 Å². The number of nitrogens with one attached hydrogen (secondary N) is 1. The van der Waals surface area contributed by atoms with Gasteiger partial charge in [-0.05, 0) is 36.8 Å². The lowest BCUT2D eigenvalue weighted by Gasteiger charge is -2.19. The van der Waals surface area contributed by atoms with Gasteiger partial charge in [-0.15, -0.1) is 0 Å². The number of hydrogen-bond donors (Lipinski definition) is 1. The van der Waals surface area contributed by atoms with E-state index in [-0.39, 0.29) is 18.1 Å². The van der Waals surface area contributed by atoms with Crippen LogP contribution in [0.5, 0.6) is 0 Å². The van der Waals surface area contributed by atoms with E-state index in [1.807, 2.05) is 13.0 Å². The Morgan fingerprint density at radius 3 is 2.50 bits per heavy atom. The lowest BCUT2D eigenvalue weighted by Crippen LogP contribution is -2.30. The number of anilines is 2. The lowest BCUT2D eigenvalue weighted by atomic mass is 10.2. The molecule has 1 amide bonds. The van der Waals surface area contributed by atoms with Crippen LogP contribution in [0.4, 0.5) is 11.4 Å². The molecule has 5 nitrogen and oxygen atoms in total. The summed E-state index contributed by atoms with van der Waals surface area (Å²) in [7, 11) is -2.10.